The molecule has 0 fully saturated rings. The molecule has 1 N–H and O–H groups in total. The molecular formula is C11H11FN4O. The first kappa shape index (κ1) is 11.3. The standard InChI is InChI=1S/C11H11FN4O/c1-13-11-15-9(5-10(17)16(11)2)7-3-4-14-6-8(7)12/h3-6H,1-2H3,(H,13,15). The molecule has 2 rings (SSSR count). The Kier molecular flexibility index (Phi) is 2.86. The van der Waals surface area contributed by atoms with E-state index in [2.05, 4.69) is 15.3 Å². The van der Waals surface area contributed by atoms with Crippen LogP contribution in [0.25, 0.3) is 11.3 Å². The summed E-state index contributed by atoms with van der Waals surface area (Å²) in [5.74, 6) is -0.126. The van der Waals surface area contributed by atoms with Gasteiger partial charge in [0.15, 0.2) is 5.82 Å². The third kappa shape index (κ3) is 2.01. The van der Waals surface area contributed by atoms with Crippen molar-refractivity contribution in [3.05, 3.63) is 40.7 Å². The summed E-state index contributed by atoms with van der Waals surface area (Å²) < 4.78 is 14.9. The van der Waals surface area contributed by atoms with Crippen LogP contribution >= 0.6 is 0 Å². The van der Waals surface area contributed by atoms with Crippen molar-refractivity contribution in [3.8, 4) is 11.3 Å². The SMILES string of the molecule is CNc1nc(-c2ccncc2F)cc(=O)n1C. The summed E-state index contributed by atoms with van der Waals surface area (Å²) in [4.78, 5) is 19.5. The second kappa shape index (κ2) is 4.32. The summed E-state index contributed by atoms with van der Waals surface area (Å²) >= 11 is 0. The lowest BCUT2D eigenvalue weighted by Gasteiger charge is -2.08. The first-order valence-corrected chi connectivity index (χ1v) is 4.99. The van der Waals surface area contributed by atoms with Crippen molar-refractivity contribution < 1.29 is 4.39 Å². The van der Waals surface area contributed by atoms with Gasteiger partial charge in [0.2, 0.25) is 5.95 Å². The zero-order chi connectivity index (χ0) is 12.4. The molecule has 0 unspecified atom stereocenters. The van der Waals surface area contributed by atoms with E-state index in [1.165, 1.54) is 22.9 Å². The average molecular weight is 234 g/mol. The van der Waals surface area contributed by atoms with Crippen molar-refractivity contribution in [1.82, 2.24) is 14.5 Å². The first-order chi connectivity index (χ1) is 8.13. The summed E-state index contributed by atoms with van der Waals surface area (Å²) in [5.41, 5.74) is 0.294. The first-order valence-electron chi connectivity index (χ1n) is 4.99. The molecule has 0 spiro atoms. The van der Waals surface area contributed by atoms with E-state index in [0.717, 1.165) is 6.20 Å². The maximum absolute atomic E-state index is 13.5. The van der Waals surface area contributed by atoms with Gasteiger partial charge in [-0.05, 0) is 6.07 Å². The molecule has 0 atom stereocenters. The number of halogens is 1. The highest BCUT2D eigenvalue weighted by Crippen LogP contribution is 2.19. The molecule has 5 nitrogen and oxygen atoms in total. The van der Waals surface area contributed by atoms with Gasteiger partial charge in [-0.3, -0.25) is 14.3 Å². The van der Waals surface area contributed by atoms with Gasteiger partial charge in [0.05, 0.1) is 11.9 Å². The Bertz CT molecular complexity index is 609. The van der Waals surface area contributed by atoms with Gasteiger partial charge < -0.3 is 5.32 Å². The van der Waals surface area contributed by atoms with E-state index in [1.54, 1.807) is 14.1 Å². The Morgan fingerprint density at radius 1 is 1.47 bits per heavy atom. The highest BCUT2D eigenvalue weighted by atomic mass is 19.1. The van der Waals surface area contributed by atoms with Gasteiger partial charge in [-0.15, -0.1) is 0 Å². The lowest BCUT2D eigenvalue weighted by Crippen LogP contribution is -2.20. The summed E-state index contributed by atoms with van der Waals surface area (Å²) in [6, 6.07) is 2.77. The zero-order valence-corrected chi connectivity index (χ0v) is 9.44. The van der Waals surface area contributed by atoms with Crippen LogP contribution < -0.4 is 10.9 Å². The van der Waals surface area contributed by atoms with Gasteiger partial charge in [0.1, 0.15) is 0 Å². The Morgan fingerprint density at radius 2 is 2.24 bits per heavy atom. The third-order valence-electron chi connectivity index (χ3n) is 2.41. The zero-order valence-electron chi connectivity index (χ0n) is 9.44. The van der Waals surface area contributed by atoms with Crippen LogP contribution in [0.15, 0.2) is 29.3 Å². The van der Waals surface area contributed by atoms with Crippen molar-refractivity contribution in [2.45, 2.75) is 0 Å². The molecule has 88 valence electrons. The van der Waals surface area contributed by atoms with Crippen molar-refractivity contribution >= 4 is 5.95 Å². The molecule has 0 bridgehead atoms. The van der Waals surface area contributed by atoms with Crippen molar-refractivity contribution in [1.29, 1.82) is 0 Å². The van der Waals surface area contributed by atoms with Gasteiger partial charge in [-0.25, -0.2) is 9.37 Å². The van der Waals surface area contributed by atoms with Gasteiger partial charge in [-0.2, -0.15) is 0 Å². The number of nitrogens with one attached hydrogen (secondary N) is 1. The summed E-state index contributed by atoms with van der Waals surface area (Å²) in [6.07, 6.45) is 2.55. The molecule has 17 heavy (non-hydrogen) atoms. The van der Waals surface area contributed by atoms with E-state index in [-0.39, 0.29) is 16.8 Å². The molecule has 2 aromatic rings. The van der Waals surface area contributed by atoms with Crippen LogP contribution in [-0.4, -0.2) is 21.6 Å². The monoisotopic (exact) mass is 234 g/mol. The number of hydrogen-bond donors (Lipinski definition) is 1. The third-order valence-corrected chi connectivity index (χ3v) is 2.41. The minimum absolute atomic E-state index is 0.254. The van der Waals surface area contributed by atoms with Crippen LogP contribution in [0, 0.1) is 5.82 Å². The molecule has 0 aliphatic rings. The highest BCUT2D eigenvalue weighted by molar-refractivity contribution is 5.60. The number of rotatable bonds is 2. The van der Waals surface area contributed by atoms with E-state index in [4.69, 9.17) is 0 Å². The number of pyridine rings is 1. The molecule has 0 radical (unpaired) electrons. The molecular weight excluding hydrogens is 223 g/mol. The fourth-order valence-electron chi connectivity index (χ4n) is 1.48. The average Bonchev–Trinajstić information content (AvgIpc) is 2.33. The molecule has 0 aliphatic heterocycles. The fourth-order valence-corrected chi connectivity index (χ4v) is 1.48. The molecule has 0 saturated carbocycles. The van der Waals surface area contributed by atoms with Crippen LogP contribution in [0.3, 0.4) is 0 Å². The smallest absolute Gasteiger partial charge is 0.255 e. The molecule has 2 heterocycles. The number of hydrogen-bond acceptors (Lipinski definition) is 4. The van der Waals surface area contributed by atoms with Gasteiger partial charge in [0.25, 0.3) is 5.56 Å². The summed E-state index contributed by atoms with van der Waals surface area (Å²) in [5, 5.41) is 2.78. The second-order valence-electron chi connectivity index (χ2n) is 3.47. The van der Waals surface area contributed by atoms with E-state index < -0.39 is 5.82 Å². The minimum atomic E-state index is -0.504. The second-order valence-corrected chi connectivity index (χ2v) is 3.47. The Balaban J connectivity index is 2.66. The van der Waals surface area contributed by atoms with Crippen LogP contribution in [-0.2, 0) is 7.05 Å². The number of anilines is 1. The quantitative estimate of drug-likeness (QED) is 0.842. The lowest BCUT2D eigenvalue weighted by molar-refractivity contribution is 0.624. The van der Waals surface area contributed by atoms with Crippen molar-refractivity contribution in [2.75, 3.05) is 12.4 Å². The molecule has 0 saturated heterocycles. The minimum Gasteiger partial charge on any atom is -0.359 e. The maximum atomic E-state index is 13.5. The van der Waals surface area contributed by atoms with E-state index in [0.29, 0.717) is 5.95 Å². The highest BCUT2D eigenvalue weighted by Gasteiger charge is 2.10. The normalized spacial score (nSPS) is 10.3. The largest absolute Gasteiger partial charge is 0.359 e. The predicted molar refractivity (Wildman–Crippen MR) is 62.2 cm³/mol. The number of aromatic nitrogens is 3. The molecule has 2 aromatic heterocycles. The van der Waals surface area contributed by atoms with Crippen molar-refractivity contribution in [2.24, 2.45) is 7.05 Å². The van der Waals surface area contributed by atoms with E-state index in [9.17, 15) is 9.18 Å². The summed E-state index contributed by atoms with van der Waals surface area (Å²) in [7, 11) is 3.24. The lowest BCUT2D eigenvalue weighted by atomic mass is 10.2. The van der Waals surface area contributed by atoms with E-state index >= 15 is 0 Å². The molecule has 0 aromatic carbocycles. The predicted octanol–water partition coefficient (Wildman–Crippen LogP) is 1.02. The Hall–Kier alpha value is -2.24. The van der Waals surface area contributed by atoms with Crippen LogP contribution in [0.1, 0.15) is 0 Å². The van der Waals surface area contributed by atoms with Crippen LogP contribution in [0.2, 0.25) is 0 Å². The molecule has 0 amide bonds. The number of nitrogens with zero attached hydrogens (tertiary/aromatic N) is 3. The van der Waals surface area contributed by atoms with Gasteiger partial charge in [0, 0.05) is 31.9 Å². The van der Waals surface area contributed by atoms with Gasteiger partial charge in [-0.1, -0.05) is 0 Å². The van der Waals surface area contributed by atoms with Crippen LogP contribution in [0.4, 0.5) is 10.3 Å². The maximum Gasteiger partial charge on any atom is 0.255 e. The fraction of sp³-hybridized carbons (Fsp3) is 0.182. The van der Waals surface area contributed by atoms with Gasteiger partial charge >= 0.3 is 0 Å². The summed E-state index contributed by atoms with van der Waals surface area (Å²) in [6.45, 7) is 0. The molecule has 0 aliphatic carbocycles. The topological polar surface area (TPSA) is 59.8 Å². The molecule has 6 heteroatoms. The Labute approximate surface area is 97.0 Å². The van der Waals surface area contributed by atoms with E-state index in [1.807, 2.05) is 0 Å². The Morgan fingerprint density at radius 3 is 2.88 bits per heavy atom. The van der Waals surface area contributed by atoms with Crippen molar-refractivity contribution in [3.63, 3.8) is 0 Å². The van der Waals surface area contributed by atoms with Crippen LogP contribution in [0.5, 0.6) is 0 Å².